The van der Waals surface area contributed by atoms with E-state index in [1.165, 1.54) is 30.9 Å². The number of aromatic nitrogens is 2. The normalized spacial score (nSPS) is 17.3. The van der Waals surface area contributed by atoms with Crippen LogP contribution in [0.15, 0.2) is 35.5 Å². The summed E-state index contributed by atoms with van der Waals surface area (Å²) in [5.41, 5.74) is 0.322. The van der Waals surface area contributed by atoms with Gasteiger partial charge >= 0.3 is 0 Å². The fourth-order valence-electron chi connectivity index (χ4n) is 3.16. The zero-order valence-electron chi connectivity index (χ0n) is 14.9. The van der Waals surface area contributed by atoms with E-state index < -0.39 is 10.0 Å². The molecule has 0 spiro atoms. The lowest BCUT2D eigenvalue weighted by Crippen LogP contribution is -2.30. The Bertz CT molecular complexity index is 896. The molecule has 8 nitrogen and oxygen atoms in total. The quantitative estimate of drug-likeness (QED) is 0.857. The third kappa shape index (κ3) is 4.08. The maximum atomic E-state index is 12.7. The maximum absolute atomic E-state index is 12.7. The predicted molar refractivity (Wildman–Crippen MR) is 101 cm³/mol. The number of benzene rings is 1. The van der Waals surface area contributed by atoms with E-state index in [9.17, 15) is 8.42 Å². The SMILES string of the molecule is O=S(=O)(Nc1cnc(N2CCCCC2)nc1)c1ccc2c(c1)OCCCO2. The molecule has 9 heteroatoms. The number of sulfonamides is 1. The molecule has 1 aromatic heterocycles. The van der Waals surface area contributed by atoms with Crippen LogP contribution in [0.4, 0.5) is 11.6 Å². The van der Waals surface area contributed by atoms with E-state index in [0.29, 0.717) is 36.3 Å². The van der Waals surface area contributed by atoms with Gasteiger partial charge in [0.15, 0.2) is 11.5 Å². The second kappa shape index (κ2) is 7.59. The molecule has 0 aliphatic carbocycles. The van der Waals surface area contributed by atoms with E-state index in [2.05, 4.69) is 19.6 Å². The summed E-state index contributed by atoms with van der Waals surface area (Å²) in [5, 5.41) is 0. The second-order valence-corrected chi connectivity index (χ2v) is 8.27. The topological polar surface area (TPSA) is 93.7 Å². The number of ether oxygens (including phenoxy) is 2. The molecule has 144 valence electrons. The Kier molecular flexibility index (Phi) is 5.02. The number of nitrogens with one attached hydrogen (secondary N) is 1. The van der Waals surface area contributed by atoms with Crippen molar-refractivity contribution in [1.29, 1.82) is 0 Å². The molecule has 1 saturated heterocycles. The standard InChI is InChI=1S/C18H22N4O4S/c23-27(24,15-5-6-16-17(11-15)26-10-4-9-25-16)21-14-12-19-18(20-13-14)22-7-2-1-3-8-22/h5-6,11-13,21H,1-4,7-10H2. The Morgan fingerprint density at radius 2 is 1.63 bits per heavy atom. The minimum absolute atomic E-state index is 0.104. The summed E-state index contributed by atoms with van der Waals surface area (Å²) in [6.45, 7) is 2.92. The van der Waals surface area contributed by atoms with Crippen molar-refractivity contribution < 1.29 is 17.9 Å². The molecular weight excluding hydrogens is 368 g/mol. The third-order valence-corrected chi connectivity index (χ3v) is 5.94. The van der Waals surface area contributed by atoms with Crippen molar-refractivity contribution in [2.24, 2.45) is 0 Å². The first-order valence-electron chi connectivity index (χ1n) is 9.11. The molecule has 0 atom stereocenters. The monoisotopic (exact) mass is 390 g/mol. The average molecular weight is 390 g/mol. The maximum Gasteiger partial charge on any atom is 0.262 e. The molecule has 0 saturated carbocycles. The first kappa shape index (κ1) is 17.8. The van der Waals surface area contributed by atoms with Gasteiger partial charge in [-0.2, -0.15) is 0 Å². The van der Waals surface area contributed by atoms with Crippen molar-refractivity contribution in [3.63, 3.8) is 0 Å². The van der Waals surface area contributed by atoms with Crippen molar-refractivity contribution >= 4 is 21.7 Å². The Morgan fingerprint density at radius 3 is 2.37 bits per heavy atom. The van der Waals surface area contributed by atoms with Gasteiger partial charge in [-0.15, -0.1) is 0 Å². The van der Waals surface area contributed by atoms with E-state index in [4.69, 9.17) is 9.47 Å². The van der Waals surface area contributed by atoms with Gasteiger partial charge in [0.2, 0.25) is 5.95 Å². The minimum Gasteiger partial charge on any atom is -0.490 e. The number of piperidine rings is 1. The van der Waals surface area contributed by atoms with Crippen molar-refractivity contribution in [3.8, 4) is 11.5 Å². The van der Waals surface area contributed by atoms with Crippen LogP contribution in [0.2, 0.25) is 0 Å². The van der Waals surface area contributed by atoms with Crippen molar-refractivity contribution in [2.45, 2.75) is 30.6 Å². The molecule has 2 aromatic rings. The molecule has 0 amide bonds. The summed E-state index contributed by atoms with van der Waals surface area (Å²) >= 11 is 0. The predicted octanol–water partition coefficient (Wildman–Crippen LogP) is 2.43. The van der Waals surface area contributed by atoms with Gasteiger partial charge in [0.25, 0.3) is 10.0 Å². The highest BCUT2D eigenvalue weighted by Crippen LogP contribution is 2.32. The third-order valence-electron chi connectivity index (χ3n) is 4.56. The Morgan fingerprint density at radius 1 is 0.926 bits per heavy atom. The fraction of sp³-hybridized carbons (Fsp3) is 0.444. The molecular formula is C18H22N4O4S. The molecule has 1 aromatic carbocycles. The van der Waals surface area contributed by atoms with Crippen molar-refractivity contribution in [2.75, 3.05) is 35.9 Å². The molecule has 4 rings (SSSR count). The van der Waals surface area contributed by atoms with Gasteiger partial charge in [-0.05, 0) is 31.4 Å². The number of rotatable bonds is 4. The molecule has 1 fully saturated rings. The molecule has 0 bridgehead atoms. The summed E-state index contributed by atoms with van der Waals surface area (Å²) in [6.07, 6.45) is 7.23. The van der Waals surface area contributed by atoms with E-state index in [-0.39, 0.29) is 4.90 Å². The lowest BCUT2D eigenvalue weighted by atomic mass is 10.1. The van der Waals surface area contributed by atoms with Gasteiger partial charge in [-0.25, -0.2) is 18.4 Å². The second-order valence-electron chi connectivity index (χ2n) is 6.58. The van der Waals surface area contributed by atoms with E-state index in [0.717, 1.165) is 32.4 Å². The zero-order valence-corrected chi connectivity index (χ0v) is 15.7. The molecule has 0 unspecified atom stereocenters. The van der Waals surface area contributed by atoms with Gasteiger partial charge in [0.05, 0.1) is 36.2 Å². The molecule has 2 aliphatic heterocycles. The molecule has 1 N–H and O–H groups in total. The van der Waals surface area contributed by atoms with Gasteiger partial charge in [0.1, 0.15) is 0 Å². The number of hydrogen-bond donors (Lipinski definition) is 1. The summed E-state index contributed by atoms with van der Waals surface area (Å²) in [6, 6.07) is 4.59. The van der Waals surface area contributed by atoms with Crippen LogP contribution >= 0.6 is 0 Å². The molecule has 27 heavy (non-hydrogen) atoms. The number of hydrogen-bond acceptors (Lipinski definition) is 7. The lowest BCUT2D eigenvalue weighted by Gasteiger charge is -2.26. The summed E-state index contributed by atoms with van der Waals surface area (Å²) < 4.78 is 39.0. The molecule has 0 radical (unpaired) electrons. The largest absolute Gasteiger partial charge is 0.490 e. The fourth-order valence-corrected chi connectivity index (χ4v) is 4.20. The Labute approximate surface area is 158 Å². The smallest absolute Gasteiger partial charge is 0.262 e. The van der Waals surface area contributed by atoms with Crippen molar-refractivity contribution in [1.82, 2.24) is 9.97 Å². The number of nitrogens with zero attached hydrogens (tertiary/aromatic N) is 3. The minimum atomic E-state index is -3.78. The van der Waals surface area contributed by atoms with Crippen molar-refractivity contribution in [3.05, 3.63) is 30.6 Å². The van der Waals surface area contributed by atoms with Crippen LogP contribution < -0.4 is 19.1 Å². The zero-order chi connectivity index (χ0) is 18.7. The van der Waals surface area contributed by atoms with Crippen LogP contribution in [0.5, 0.6) is 11.5 Å². The highest BCUT2D eigenvalue weighted by Gasteiger charge is 2.20. The lowest BCUT2D eigenvalue weighted by molar-refractivity contribution is 0.297. The van der Waals surface area contributed by atoms with Gasteiger partial charge < -0.3 is 14.4 Å². The van der Waals surface area contributed by atoms with Crippen LogP contribution in [0, 0.1) is 0 Å². The van der Waals surface area contributed by atoms with Crippen LogP contribution in [-0.4, -0.2) is 44.7 Å². The van der Waals surface area contributed by atoms with Crippen LogP contribution in [0.1, 0.15) is 25.7 Å². The Balaban J connectivity index is 1.50. The number of anilines is 2. The van der Waals surface area contributed by atoms with Gasteiger partial charge in [-0.1, -0.05) is 0 Å². The highest BCUT2D eigenvalue weighted by atomic mass is 32.2. The van der Waals surface area contributed by atoms with E-state index >= 15 is 0 Å². The molecule has 3 heterocycles. The summed E-state index contributed by atoms with van der Waals surface area (Å²) in [5.74, 6) is 1.63. The number of fused-ring (bicyclic) bond motifs is 1. The van der Waals surface area contributed by atoms with Gasteiger partial charge in [-0.3, -0.25) is 4.72 Å². The van der Waals surface area contributed by atoms with E-state index in [1.54, 1.807) is 6.07 Å². The Hall–Kier alpha value is -2.55. The average Bonchev–Trinajstić information content (AvgIpc) is 2.94. The van der Waals surface area contributed by atoms with Crippen LogP contribution in [-0.2, 0) is 10.0 Å². The first-order chi connectivity index (χ1) is 13.1. The molecule has 2 aliphatic rings. The van der Waals surface area contributed by atoms with E-state index in [1.807, 2.05) is 0 Å². The van der Waals surface area contributed by atoms with Crippen LogP contribution in [0.3, 0.4) is 0 Å². The van der Waals surface area contributed by atoms with Crippen LogP contribution in [0.25, 0.3) is 0 Å². The summed E-state index contributed by atoms with van der Waals surface area (Å²) in [4.78, 5) is 10.8. The summed E-state index contributed by atoms with van der Waals surface area (Å²) in [7, 11) is -3.78. The highest BCUT2D eigenvalue weighted by molar-refractivity contribution is 7.92. The van der Waals surface area contributed by atoms with Gasteiger partial charge in [0, 0.05) is 25.6 Å². The first-order valence-corrected chi connectivity index (χ1v) is 10.6.